The third kappa shape index (κ3) is 3.10. The van der Waals surface area contributed by atoms with E-state index in [9.17, 15) is 9.90 Å². The number of rotatable bonds is 3. The van der Waals surface area contributed by atoms with E-state index in [0.717, 1.165) is 48.7 Å². The molecule has 0 atom stereocenters. The number of amides is 1. The minimum atomic E-state index is -0.808. The van der Waals surface area contributed by atoms with Crippen molar-refractivity contribution in [3.8, 4) is 0 Å². The molecule has 1 aromatic heterocycles. The Morgan fingerprint density at radius 2 is 2.05 bits per heavy atom. The number of aliphatic hydroxyl groups is 1. The lowest BCUT2D eigenvalue weighted by atomic mass is 9.82. The van der Waals surface area contributed by atoms with Crippen molar-refractivity contribution in [3.05, 3.63) is 30.5 Å². The van der Waals surface area contributed by atoms with Crippen LogP contribution < -0.4 is 5.32 Å². The summed E-state index contributed by atoms with van der Waals surface area (Å²) >= 11 is 0. The molecule has 4 nitrogen and oxygen atoms in total. The van der Waals surface area contributed by atoms with E-state index in [1.807, 2.05) is 42.1 Å². The van der Waals surface area contributed by atoms with E-state index in [0.29, 0.717) is 0 Å². The van der Waals surface area contributed by atoms with Crippen LogP contribution in [0.3, 0.4) is 0 Å². The molecule has 2 aromatic rings. The first kappa shape index (κ1) is 14.1. The Hall–Kier alpha value is -1.81. The molecule has 3 rings (SSSR count). The lowest BCUT2D eigenvalue weighted by molar-refractivity contribution is -0.122. The highest BCUT2D eigenvalue weighted by Gasteiger charge is 2.31. The summed E-state index contributed by atoms with van der Waals surface area (Å²) in [5, 5.41) is 14.5. The fraction of sp³-hybridized carbons (Fsp3) is 0.471. The van der Waals surface area contributed by atoms with Gasteiger partial charge in [-0.25, -0.2) is 0 Å². The van der Waals surface area contributed by atoms with Crippen LogP contribution in [0.5, 0.6) is 0 Å². The molecule has 2 N–H and O–H groups in total. The molecule has 1 fully saturated rings. The molecule has 21 heavy (non-hydrogen) atoms. The fourth-order valence-electron chi connectivity index (χ4n) is 3.23. The van der Waals surface area contributed by atoms with E-state index in [4.69, 9.17) is 0 Å². The molecule has 1 aliphatic carbocycles. The van der Waals surface area contributed by atoms with E-state index in [1.54, 1.807) is 0 Å². The summed E-state index contributed by atoms with van der Waals surface area (Å²) in [6.07, 6.45) is 6.85. The SMILES string of the molecule is Cn1ccc2ccc(NC(=O)CC3(O)CCCCC3)cc21. The Labute approximate surface area is 124 Å². The van der Waals surface area contributed by atoms with Gasteiger partial charge < -0.3 is 15.0 Å². The van der Waals surface area contributed by atoms with Crippen molar-refractivity contribution in [2.45, 2.75) is 44.1 Å². The van der Waals surface area contributed by atoms with Crippen LogP contribution in [-0.2, 0) is 11.8 Å². The van der Waals surface area contributed by atoms with Gasteiger partial charge in [0.05, 0.1) is 12.0 Å². The van der Waals surface area contributed by atoms with E-state index < -0.39 is 5.60 Å². The summed E-state index contributed by atoms with van der Waals surface area (Å²) in [5.41, 5.74) is 1.06. The minimum Gasteiger partial charge on any atom is -0.389 e. The van der Waals surface area contributed by atoms with Crippen LogP contribution in [0.1, 0.15) is 38.5 Å². The average Bonchev–Trinajstić information content (AvgIpc) is 2.80. The highest BCUT2D eigenvalue weighted by molar-refractivity contribution is 5.94. The fourth-order valence-corrected chi connectivity index (χ4v) is 3.23. The Balaban J connectivity index is 1.69. The topological polar surface area (TPSA) is 54.3 Å². The Morgan fingerprint density at radius 1 is 1.29 bits per heavy atom. The number of aryl methyl sites for hydroxylation is 1. The maximum absolute atomic E-state index is 12.2. The second-order valence-corrected chi connectivity index (χ2v) is 6.21. The van der Waals surface area contributed by atoms with Crippen LogP contribution in [0.15, 0.2) is 30.5 Å². The number of carbonyl (C=O) groups excluding carboxylic acids is 1. The average molecular weight is 286 g/mol. The van der Waals surface area contributed by atoms with Gasteiger partial charge in [0.2, 0.25) is 5.91 Å². The van der Waals surface area contributed by atoms with Crippen LogP contribution in [0.25, 0.3) is 10.9 Å². The Kier molecular flexibility index (Phi) is 3.72. The van der Waals surface area contributed by atoms with Gasteiger partial charge in [-0.2, -0.15) is 0 Å². The summed E-state index contributed by atoms with van der Waals surface area (Å²) in [5.74, 6) is -0.104. The molecule has 1 aromatic carbocycles. The number of fused-ring (bicyclic) bond motifs is 1. The van der Waals surface area contributed by atoms with Gasteiger partial charge in [-0.05, 0) is 36.4 Å². The monoisotopic (exact) mass is 286 g/mol. The van der Waals surface area contributed by atoms with Gasteiger partial charge in [0.15, 0.2) is 0 Å². The van der Waals surface area contributed by atoms with E-state index >= 15 is 0 Å². The van der Waals surface area contributed by atoms with E-state index in [2.05, 4.69) is 5.32 Å². The molecule has 4 heteroatoms. The van der Waals surface area contributed by atoms with Crippen molar-refractivity contribution in [1.29, 1.82) is 0 Å². The molecule has 112 valence electrons. The number of anilines is 1. The second-order valence-electron chi connectivity index (χ2n) is 6.21. The first-order valence-electron chi connectivity index (χ1n) is 7.63. The molecular weight excluding hydrogens is 264 g/mol. The predicted octanol–water partition coefficient (Wildman–Crippen LogP) is 3.20. The molecule has 1 aliphatic rings. The minimum absolute atomic E-state index is 0.104. The first-order chi connectivity index (χ1) is 10.1. The summed E-state index contributed by atoms with van der Waals surface area (Å²) in [4.78, 5) is 12.2. The van der Waals surface area contributed by atoms with Crippen molar-refractivity contribution >= 4 is 22.5 Å². The smallest absolute Gasteiger partial charge is 0.227 e. The van der Waals surface area contributed by atoms with Crippen LogP contribution in [-0.4, -0.2) is 21.2 Å². The molecule has 0 spiro atoms. The molecule has 0 unspecified atom stereocenters. The lowest BCUT2D eigenvalue weighted by Gasteiger charge is -2.31. The number of nitrogens with zero attached hydrogens (tertiary/aromatic N) is 1. The summed E-state index contributed by atoms with van der Waals surface area (Å²) in [6, 6.07) is 7.93. The van der Waals surface area contributed by atoms with Gasteiger partial charge >= 0.3 is 0 Å². The van der Waals surface area contributed by atoms with Crippen molar-refractivity contribution < 1.29 is 9.90 Å². The van der Waals surface area contributed by atoms with Crippen molar-refractivity contribution in [2.75, 3.05) is 5.32 Å². The highest BCUT2D eigenvalue weighted by atomic mass is 16.3. The summed E-state index contributed by atoms with van der Waals surface area (Å²) in [6.45, 7) is 0. The second kappa shape index (κ2) is 5.53. The molecule has 1 saturated carbocycles. The zero-order valence-corrected chi connectivity index (χ0v) is 12.4. The van der Waals surface area contributed by atoms with Crippen LogP contribution >= 0.6 is 0 Å². The van der Waals surface area contributed by atoms with E-state index in [1.165, 1.54) is 0 Å². The molecule has 0 bridgehead atoms. The third-order valence-electron chi connectivity index (χ3n) is 4.45. The quantitative estimate of drug-likeness (QED) is 0.910. The lowest BCUT2D eigenvalue weighted by Crippen LogP contribution is -2.35. The zero-order valence-electron chi connectivity index (χ0n) is 12.4. The third-order valence-corrected chi connectivity index (χ3v) is 4.45. The molecule has 1 amide bonds. The molecule has 0 aliphatic heterocycles. The number of carbonyl (C=O) groups is 1. The van der Waals surface area contributed by atoms with Gasteiger partial charge in [-0.15, -0.1) is 0 Å². The molecular formula is C17H22N2O2. The maximum Gasteiger partial charge on any atom is 0.227 e. The predicted molar refractivity (Wildman–Crippen MR) is 84.2 cm³/mol. The standard InChI is InChI=1S/C17H22N2O2/c1-19-10-7-13-5-6-14(11-15(13)19)18-16(20)12-17(21)8-3-2-4-9-17/h5-7,10-11,21H,2-4,8-9,12H2,1H3,(H,18,20). The Bertz CT molecular complexity index is 654. The zero-order chi connectivity index (χ0) is 14.9. The van der Waals surface area contributed by atoms with Crippen LogP contribution in [0.4, 0.5) is 5.69 Å². The molecule has 0 saturated heterocycles. The number of nitrogens with one attached hydrogen (secondary N) is 1. The van der Waals surface area contributed by atoms with Crippen LogP contribution in [0.2, 0.25) is 0 Å². The van der Waals surface area contributed by atoms with Gasteiger partial charge in [0.25, 0.3) is 0 Å². The van der Waals surface area contributed by atoms with Crippen LogP contribution in [0, 0.1) is 0 Å². The maximum atomic E-state index is 12.2. The normalized spacial score (nSPS) is 17.8. The van der Waals surface area contributed by atoms with Gasteiger partial charge in [-0.3, -0.25) is 4.79 Å². The van der Waals surface area contributed by atoms with Gasteiger partial charge in [0, 0.05) is 24.4 Å². The highest BCUT2D eigenvalue weighted by Crippen LogP contribution is 2.31. The summed E-state index contributed by atoms with van der Waals surface area (Å²) in [7, 11) is 1.98. The van der Waals surface area contributed by atoms with Crippen molar-refractivity contribution in [3.63, 3.8) is 0 Å². The molecule has 1 heterocycles. The van der Waals surface area contributed by atoms with Gasteiger partial charge in [0.1, 0.15) is 0 Å². The molecule has 0 radical (unpaired) electrons. The first-order valence-corrected chi connectivity index (χ1v) is 7.63. The number of hydrogen-bond acceptors (Lipinski definition) is 2. The van der Waals surface area contributed by atoms with Crippen molar-refractivity contribution in [1.82, 2.24) is 4.57 Å². The Morgan fingerprint density at radius 3 is 2.81 bits per heavy atom. The van der Waals surface area contributed by atoms with Gasteiger partial charge in [-0.1, -0.05) is 25.3 Å². The summed E-state index contributed by atoms with van der Waals surface area (Å²) < 4.78 is 2.03. The van der Waals surface area contributed by atoms with E-state index in [-0.39, 0.29) is 12.3 Å². The number of hydrogen-bond donors (Lipinski definition) is 2. The number of benzene rings is 1. The number of aromatic nitrogens is 1. The largest absolute Gasteiger partial charge is 0.389 e. The van der Waals surface area contributed by atoms with Crippen molar-refractivity contribution in [2.24, 2.45) is 7.05 Å².